The molecule has 6 fully saturated rings. The minimum atomic E-state index is -3.97. The van der Waals surface area contributed by atoms with Crippen LogP contribution in [0, 0.1) is 27.9 Å². The third-order valence-electron chi connectivity index (χ3n) is 24.2. The fraction of sp³-hybridized carbons (Fsp3) is 0.444. The Kier molecular flexibility index (Phi) is 30.1. The molecule has 0 amide bonds. The van der Waals surface area contributed by atoms with Crippen LogP contribution >= 0.6 is 93.1 Å². The van der Waals surface area contributed by atoms with Crippen LogP contribution in [0.25, 0.3) is 33.5 Å². The molecule has 48 heteroatoms. The lowest BCUT2D eigenvalue weighted by molar-refractivity contribution is -0.384. The highest BCUT2D eigenvalue weighted by Gasteiger charge is 2.51. The van der Waals surface area contributed by atoms with Crippen LogP contribution < -0.4 is 38.4 Å². The predicted molar refractivity (Wildman–Crippen MR) is 495 cm³/mol. The minimum absolute atomic E-state index is 0.00845. The van der Waals surface area contributed by atoms with Gasteiger partial charge in [-0.15, -0.1) is 0 Å². The smallest absolute Gasteiger partial charge is 0.413 e. The molecule has 11 N–H and O–H groups in total. The van der Waals surface area contributed by atoms with E-state index in [1.54, 1.807) is 76.4 Å². The number of nitro groups is 1. The van der Waals surface area contributed by atoms with Gasteiger partial charge in [-0.05, 0) is 103 Å². The number of hydrogen-bond acceptors (Lipinski definition) is 30. The van der Waals surface area contributed by atoms with Crippen LogP contribution in [0.15, 0.2) is 149 Å². The van der Waals surface area contributed by atoms with Crippen molar-refractivity contribution < 1.29 is 78.4 Å². The number of aliphatic hydroxyl groups excluding tert-OH is 2. The maximum absolute atomic E-state index is 13.7. The number of H-pyrrole nitrogens is 3. The fourth-order valence-corrected chi connectivity index (χ4v) is 23.5. The van der Waals surface area contributed by atoms with Gasteiger partial charge in [0.2, 0.25) is 17.8 Å². The van der Waals surface area contributed by atoms with Crippen molar-refractivity contribution in [2.24, 2.45) is 17.8 Å². The zero-order valence-corrected chi connectivity index (χ0v) is 81.0. The van der Waals surface area contributed by atoms with E-state index in [4.69, 9.17) is 136 Å². The largest absolute Gasteiger partial charge is 0.530 e. The molecule has 6 aliphatic rings. The summed E-state index contributed by atoms with van der Waals surface area (Å²) in [6.07, 6.45) is 4.14. The van der Waals surface area contributed by atoms with E-state index in [1.165, 1.54) is 30.6 Å². The lowest BCUT2D eigenvalue weighted by Crippen LogP contribution is -2.45. The number of aromatic nitrogens is 12. The average molecular weight is 1990 g/mol. The number of nitrogens with one attached hydrogen (secondary N) is 3. The van der Waals surface area contributed by atoms with Gasteiger partial charge in [-0.1, -0.05) is 167 Å². The second-order valence-electron chi connectivity index (χ2n) is 34.6. The van der Waals surface area contributed by atoms with Crippen LogP contribution in [0.3, 0.4) is 0 Å². The van der Waals surface area contributed by atoms with Crippen molar-refractivity contribution in [3.8, 4) is 5.75 Å². The molecule has 4 aromatic carbocycles. The first-order chi connectivity index (χ1) is 60.6. The summed E-state index contributed by atoms with van der Waals surface area (Å²) in [5.41, 5.74) is 21.5. The highest BCUT2D eigenvalue weighted by Crippen LogP contribution is 2.62. The van der Waals surface area contributed by atoms with Crippen LogP contribution in [0.4, 0.5) is 23.5 Å². The van der Waals surface area contributed by atoms with Crippen molar-refractivity contribution in [2.75, 3.05) is 56.8 Å². The van der Waals surface area contributed by atoms with E-state index in [2.05, 4.69) is 132 Å². The second-order valence-corrected chi connectivity index (χ2v) is 51.2. The number of nitro benzene ring substituents is 1. The zero-order valence-electron chi connectivity index (χ0n) is 71.7. The molecule has 15 atom stereocenters. The summed E-state index contributed by atoms with van der Waals surface area (Å²) in [5, 5.41) is 33.5. The van der Waals surface area contributed by atoms with Crippen LogP contribution in [-0.2, 0) is 58.7 Å². The molecule has 37 nitrogen and oxygen atoms in total. The Morgan fingerprint density at radius 1 is 0.527 bits per heavy atom. The number of nitrogen functional groups attached to an aromatic ring is 3. The first kappa shape index (κ1) is 98.6. The summed E-state index contributed by atoms with van der Waals surface area (Å²) in [4.78, 5) is 79.4. The van der Waals surface area contributed by atoms with Gasteiger partial charge in [-0.3, -0.25) is 75.6 Å². The Labute approximate surface area is 772 Å². The van der Waals surface area contributed by atoms with E-state index in [1.807, 2.05) is 4.57 Å². The van der Waals surface area contributed by atoms with Crippen LogP contribution in [0.2, 0.25) is 66.4 Å². The molecule has 0 radical (unpaired) electrons. The minimum Gasteiger partial charge on any atom is -0.413 e. The van der Waals surface area contributed by atoms with Gasteiger partial charge in [0, 0.05) is 65.8 Å². The standard InChI is InChI=1S/C27H36Cl2N5O6PSi.C21H22Cl2N5O6P.C18H29N5O3Si.C15H12Cl2NO6P/c1-15-17(13-38-41(36)37-11-10-20(39-41)16-8-7-9-18(28)22(16)29)21(40-42(5,6)27(2,3)4)12-19(15)34-14-31-23-24(34)32-26(30)33-25(23)35;1-10-12(15(29)7-14(10)28-9-25-18-19(28)26-21(24)27-20(18)30)8-33-35(31)32-6-5-16(34-35)11-3-2-4-13(22)17(11)23;1-10-11(8-24)13(26-27(5,6)18(2,3)4)7-12(10)23-9-20-14-15(23)21-17(19)22-16(14)25;16-13-3-1-2-12(15(13)17)14-8-9-22-25(21,24-14)23-11-6-4-10(5-7-11)18(19)20/h7-9,14,17,19-21H,1,10-13H2,2-6H3,(H3,30,32,33,35);2-4,9,12,14-16,29H,1,5-8H2,(H3,24,26,27,30);9,11-13,24H,1,7-8H2,2-6H3,(H3,19,21,22,25);1-7,14H,8-9H2/t17-,19-,20+,21-,41-;12-,14-,15-,16+,35-;11-,12-,13-;14-,25?/m0001/s1. The monoisotopic (exact) mass is 1990 g/mol. The topological polar surface area (TPSA) is 505 Å². The molecule has 1 unspecified atom stereocenters. The molecular formula is C81H99Cl6N16O21P3Si2. The number of phosphoric ester groups is 3. The lowest BCUT2D eigenvalue weighted by atomic mass is 10.0. The molecule has 0 spiro atoms. The highest BCUT2D eigenvalue weighted by molar-refractivity contribution is 7.49. The third kappa shape index (κ3) is 21.7. The second kappa shape index (κ2) is 39.4. The van der Waals surface area contributed by atoms with Crippen LogP contribution in [-0.4, -0.2) is 148 Å². The summed E-state index contributed by atoms with van der Waals surface area (Å²) in [6.45, 7) is 34.7. The number of nitrogens with zero attached hydrogens (tertiary/aromatic N) is 10. The predicted octanol–water partition coefficient (Wildman–Crippen LogP) is 18.4. The summed E-state index contributed by atoms with van der Waals surface area (Å²) in [6, 6.07) is 19.6. The molecule has 0 bridgehead atoms. The number of fused-ring (bicyclic) bond motifs is 3. The Bertz CT molecular complexity index is 6270. The third-order valence-corrected chi connectivity index (χ3v) is 40.2. The highest BCUT2D eigenvalue weighted by atomic mass is 35.5. The number of aliphatic hydroxyl groups is 2. The summed E-state index contributed by atoms with van der Waals surface area (Å²) in [5.74, 6) is -0.990. The number of hydrogen-bond donors (Lipinski definition) is 8. The molecule has 3 saturated carbocycles. The molecule has 10 aromatic rings. The fourth-order valence-electron chi connectivity index (χ4n) is 15.3. The summed E-state index contributed by atoms with van der Waals surface area (Å²) >= 11 is 37.2. The van der Waals surface area contributed by atoms with Gasteiger partial charge >= 0.3 is 23.5 Å². The molecular weight excluding hydrogens is 1890 g/mol. The molecule has 129 heavy (non-hydrogen) atoms. The number of imidazole rings is 3. The quantitative estimate of drug-likeness (QED) is 0.0115. The van der Waals surface area contributed by atoms with E-state index in [0.717, 1.165) is 11.1 Å². The van der Waals surface area contributed by atoms with E-state index in [9.17, 15) is 48.4 Å². The number of aromatic amines is 3. The lowest BCUT2D eigenvalue weighted by Gasteiger charge is -2.40. The number of rotatable bonds is 20. The van der Waals surface area contributed by atoms with Gasteiger partial charge in [0.25, 0.3) is 22.4 Å². The van der Waals surface area contributed by atoms with E-state index in [-0.39, 0.29) is 149 Å². The number of anilines is 3. The van der Waals surface area contributed by atoms with Crippen LogP contribution in [0.1, 0.15) is 133 Å². The zero-order chi connectivity index (χ0) is 93.7. The van der Waals surface area contributed by atoms with Gasteiger partial charge < -0.3 is 54.5 Å². The van der Waals surface area contributed by atoms with Crippen molar-refractivity contribution in [3.05, 3.63) is 222 Å². The number of nitrogens with two attached hydrogens (primary N) is 3. The van der Waals surface area contributed by atoms with Crippen LogP contribution in [0.5, 0.6) is 5.75 Å². The summed E-state index contributed by atoms with van der Waals surface area (Å²) in [7, 11) is -16.1. The molecule has 3 saturated heterocycles. The van der Waals surface area contributed by atoms with Gasteiger partial charge in [-0.25, -0.2) is 28.6 Å². The SMILES string of the molecule is C=C1[C@H](CO)[C@@H](O[Si](C)(C)C(C)(C)C)C[C@@H]1n1cnc2c(=O)[nH]c(N)nc21.C=C1[C@H](CO[P@]2(=O)OCC[C@H](c3cccc(Cl)c3Cl)O2)[C@@H](O)C[C@@H]1n1cnc2c(=O)[nH]c(N)nc21.C=C1[C@H](CO[P@]2(=O)OCC[C@H](c3cccc(Cl)c3Cl)O2)[C@@H](O[Si](C)(C)C(C)(C)C)C[C@@H]1n1cnc2c(=O)[nH]c(N)nc21.O=[N+]([O-])c1ccc(OP2(=O)OCC[C@H](c3cccc(Cl)c3Cl)O2)cc1. The number of phosphoric acid groups is 3. The van der Waals surface area contributed by atoms with E-state index in [0.29, 0.717) is 95.8 Å². The maximum Gasteiger partial charge on any atom is 0.530 e. The van der Waals surface area contributed by atoms with Gasteiger partial charge in [0.15, 0.2) is 50.1 Å². The van der Waals surface area contributed by atoms with Crippen molar-refractivity contribution >= 4 is 167 Å². The molecule has 9 heterocycles. The van der Waals surface area contributed by atoms with Gasteiger partial charge in [0.05, 0.1) is 148 Å². The Morgan fingerprint density at radius 2 is 0.860 bits per heavy atom. The maximum atomic E-state index is 13.7. The van der Waals surface area contributed by atoms with Gasteiger partial charge in [0.1, 0.15) is 5.75 Å². The van der Waals surface area contributed by atoms with Gasteiger partial charge in [-0.2, -0.15) is 15.0 Å². The molecule has 6 aromatic heterocycles. The average Bonchev–Trinajstić information content (AvgIpc) is 1.61. The Balaban J connectivity index is 0.000000150. The van der Waals surface area contributed by atoms with E-state index < -0.39 is 92.5 Å². The van der Waals surface area contributed by atoms with Crippen molar-refractivity contribution in [1.82, 2.24) is 58.6 Å². The first-order valence-electron chi connectivity index (χ1n) is 40.8. The van der Waals surface area contributed by atoms with Crippen molar-refractivity contribution in [1.29, 1.82) is 0 Å². The van der Waals surface area contributed by atoms with E-state index >= 15 is 0 Å². The number of benzene rings is 4. The Morgan fingerprint density at radius 3 is 1.22 bits per heavy atom. The summed E-state index contributed by atoms with van der Waals surface area (Å²) < 4.78 is 108. The molecule has 16 rings (SSSR count). The normalized spacial score (nSPS) is 26.3. The molecule has 694 valence electrons. The molecule has 3 aliphatic carbocycles. The number of non-ortho nitro benzene ring substituents is 1. The number of halogens is 6. The van der Waals surface area contributed by atoms with Crippen molar-refractivity contribution in [3.63, 3.8) is 0 Å². The first-order valence-corrected chi connectivity index (χ1v) is 53.3. The molecule has 3 aliphatic heterocycles. The Hall–Kier alpha value is -7.87. The van der Waals surface area contributed by atoms with Crippen molar-refractivity contribution in [2.45, 2.75) is 171 Å².